The number of rotatable bonds is 6. The van der Waals surface area contributed by atoms with E-state index in [0.29, 0.717) is 12.2 Å². The Labute approximate surface area is 129 Å². The summed E-state index contributed by atoms with van der Waals surface area (Å²) in [5.41, 5.74) is 0.764. The highest BCUT2D eigenvalue weighted by Gasteiger charge is 2.14. The molecule has 0 aliphatic carbocycles. The maximum absolute atomic E-state index is 11.2. The number of nitrogens with zero attached hydrogens (tertiary/aromatic N) is 1. The van der Waals surface area contributed by atoms with Gasteiger partial charge in [0.05, 0.1) is 6.07 Å². The first-order valence-electron chi connectivity index (χ1n) is 7.11. The van der Waals surface area contributed by atoms with E-state index in [-0.39, 0.29) is 12.6 Å². The van der Waals surface area contributed by atoms with Crippen LogP contribution in [-0.2, 0) is 9.53 Å². The molecule has 0 aliphatic heterocycles. The molecule has 1 unspecified atom stereocenters. The van der Waals surface area contributed by atoms with Crippen LogP contribution in [0.15, 0.2) is 54.6 Å². The molecule has 2 rings (SSSR count). The van der Waals surface area contributed by atoms with Crippen LogP contribution in [0.4, 0.5) is 0 Å². The van der Waals surface area contributed by atoms with Crippen molar-refractivity contribution in [3.8, 4) is 17.6 Å². The molecule has 0 fully saturated rings. The summed E-state index contributed by atoms with van der Waals surface area (Å²) in [6.07, 6.45) is 0.301. The summed E-state index contributed by atoms with van der Waals surface area (Å²) in [5.74, 6) is 0.558. The lowest BCUT2D eigenvalue weighted by molar-refractivity contribution is -0.143. The quantitative estimate of drug-likeness (QED) is 0.755. The molecular weight excluding hydrogens is 278 g/mol. The highest BCUT2D eigenvalue weighted by Crippen LogP contribution is 2.25. The van der Waals surface area contributed by atoms with Crippen molar-refractivity contribution in [3.63, 3.8) is 0 Å². The van der Waals surface area contributed by atoms with Crippen molar-refractivity contribution in [2.24, 2.45) is 0 Å². The minimum atomic E-state index is -0.505. The van der Waals surface area contributed by atoms with Crippen molar-refractivity contribution in [1.29, 1.82) is 5.26 Å². The lowest BCUT2D eigenvalue weighted by Crippen LogP contribution is -2.11. The number of nitriles is 1. The predicted molar refractivity (Wildman–Crippen MR) is 82.6 cm³/mol. The molecule has 0 bridgehead atoms. The van der Waals surface area contributed by atoms with Crippen molar-refractivity contribution < 1.29 is 14.3 Å². The molecule has 4 nitrogen and oxygen atoms in total. The first-order valence-corrected chi connectivity index (χ1v) is 7.11. The van der Waals surface area contributed by atoms with Crippen molar-refractivity contribution >= 4 is 5.97 Å². The van der Waals surface area contributed by atoms with E-state index in [9.17, 15) is 10.1 Å². The van der Waals surface area contributed by atoms with Crippen LogP contribution in [0.5, 0.6) is 11.5 Å². The van der Waals surface area contributed by atoms with Crippen LogP contribution in [0.3, 0.4) is 0 Å². The number of ether oxygens (including phenoxy) is 2. The Kier molecular flexibility index (Phi) is 5.56. The van der Waals surface area contributed by atoms with Crippen LogP contribution in [0.2, 0.25) is 0 Å². The molecule has 2 aromatic rings. The average molecular weight is 295 g/mol. The third-order valence-electron chi connectivity index (χ3n) is 3.09. The van der Waals surface area contributed by atoms with Gasteiger partial charge in [0, 0.05) is 6.42 Å². The molecule has 2 aromatic carbocycles. The van der Waals surface area contributed by atoms with Gasteiger partial charge < -0.3 is 9.47 Å². The second kappa shape index (κ2) is 7.84. The smallest absolute Gasteiger partial charge is 0.305 e. The molecule has 22 heavy (non-hydrogen) atoms. The Morgan fingerprint density at radius 3 is 2.55 bits per heavy atom. The fourth-order valence-corrected chi connectivity index (χ4v) is 1.91. The first kappa shape index (κ1) is 15.6. The molecule has 0 aromatic heterocycles. The Morgan fingerprint density at radius 1 is 1.14 bits per heavy atom. The van der Waals surface area contributed by atoms with Crippen LogP contribution in [-0.4, -0.2) is 12.6 Å². The van der Waals surface area contributed by atoms with Gasteiger partial charge in [-0.25, -0.2) is 0 Å². The van der Waals surface area contributed by atoms with E-state index in [4.69, 9.17) is 9.47 Å². The number of carbonyl (C=O) groups excluding carboxylic acids is 1. The summed E-state index contributed by atoms with van der Waals surface area (Å²) in [6, 6.07) is 18.8. The Hall–Kier alpha value is -2.80. The van der Waals surface area contributed by atoms with Gasteiger partial charge in [-0.05, 0) is 29.8 Å². The van der Waals surface area contributed by atoms with E-state index in [1.807, 2.05) is 48.5 Å². The first-order chi connectivity index (χ1) is 10.7. The van der Waals surface area contributed by atoms with E-state index in [1.165, 1.54) is 0 Å². The second-order valence-corrected chi connectivity index (χ2v) is 4.71. The van der Waals surface area contributed by atoms with E-state index < -0.39 is 5.92 Å². The molecule has 4 heteroatoms. The van der Waals surface area contributed by atoms with Gasteiger partial charge in [-0.15, -0.1) is 0 Å². The molecule has 0 saturated carbocycles. The van der Waals surface area contributed by atoms with Crippen LogP contribution >= 0.6 is 0 Å². The summed E-state index contributed by atoms with van der Waals surface area (Å²) < 4.78 is 10.8. The SMILES string of the molecule is CCC(=O)OCC(C#N)c1cccc(Oc2ccccc2)c1. The minimum Gasteiger partial charge on any atom is -0.464 e. The summed E-state index contributed by atoms with van der Waals surface area (Å²) in [7, 11) is 0. The molecule has 0 saturated heterocycles. The monoisotopic (exact) mass is 295 g/mol. The van der Waals surface area contributed by atoms with E-state index in [1.54, 1.807) is 13.0 Å². The standard InChI is InChI=1S/C18H17NO3/c1-2-18(20)21-13-15(12-19)14-7-6-10-17(11-14)22-16-8-4-3-5-9-16/h3-11,15H,2,13H2,1H3. The van der Waals surface area contributed by atoms with Gasteiger partial charge in [0.1, 0.15) is 24.0 Å². The normalized spacial score (nSPS) is 11.3. The van der Waals surface area contributed by atoms with Crippen molar-refractivity contribution in [2.45, 2.75) is 19.3 Å². The van der Waals surface area contributed by atoms with Crippen molar-refractivity contribution in [3.05, 3.63) is 60.2 Å². The van der Waals surface area contributed by atoms with Gasteiger partial charge in [0.25, 0.3) is 0 Å². The third kappa shape index (κ3) is 4.35. The van der Waals surface area contributed by atoms with Crippen LogP contribution in [0, 0.1) is 11.3 Å². The zero-order valence-electron chi connectivity index (χ0n) is 12.4. The van der Waals surface area contributed by atoms with Gasteiger partial charge in [-0.3, -0.25) is 4.79 Å². The number of carbonyl (C=O) groups is 1. The fraction of sp³-hybridized carbons (Fsp3) is 0.222. The van der Waals surface area contributed by atoms with Crippen molar-refractivity contribution in [2.75, 3.05) is 6.61 Å². The summed E-state index contributed by atoms with van der Waals surface area (Å²) in [4.78, 5) is 11.2. The van der Waals surface area contributed by atoms with Gasteiger partial charge in [-0.1, -0.05) is 37.3 Å². The highest BCUT2D eigenvalue weighted by atomic mass is 16.5. The Morgan fingerprint density at radius 2 is 1.86 bits per heavy atom. The summed E-state index contributed by atoms with van der Waals surface area (Å²) in [6.45, 7) is 1.77. The Balaban J connectivity index is 2.09. The molecular formula is C18H17NO3. The third-order valence-corrected chi connectivity index (χ3v) is 3.09. The molecule has 112 valence electrons. The van der Waals surface area contributed by atoms with Gasteiger partial charge in [0.2, 0.25) is 0 Å². The van der Waals surface area contributed by atoms with Gasteiger partial charge in [0.15, 0.2) is 0 Å². The highest BCUT2D eigenvalue weighted by molar-refractivity contribution is 5.68. The topological polar surface area (TPSA) is 59.3 Å². The average Bonchev–Trinajstić information content (AvgIpc) is 2.56. The van der Waals surface area contributed by atoms with Gasteiger partial charge >= 0.3 is 5.97 Å². The van der Waals surface area contributed by atoms with Crippen LogP contribution < -0.4 is 4.74 Å². The lowest BCUT2D eigenvalue weighted by Gasteiger charge is -2.12. The van der Waals surface area contributed by atoms with Crippen molar-refractivity contribution in [1.82, 2.24) is 0 Å². The van der Waals surface area contributed by atoms with E-state index in [0.717, 1.165) is 11.3 Å². The van der Waals surface area contributed by atoms with E-state index >= 15 is 0 Å². The maximum Gasteiger partial charge on any atom is 0.305 e. The molecule has 0 radical (unpaired) electrons. The number of benzene rings is 2. The molecule has 0 aliphatic rings. The largest absolute Gasteiger partial charge is 0.464 e. The second-order valence-electron chi connectivity index (χ2n) is 4.71. The minimum absolute atomic E-state index is 0.0535. The number of hydrogen-bond acceptors (Lipinski definition) is 4. The molecule has 1 atom stereocenters. The Bertz CT molecular complexity index is 662. The zero-order valence-corrected chi connectivity index (χ0v) is 12.4. The molecule has 0 heterocycles. The zero-order chi connectivity index (χ0) is 15.8. The number of hydrogen-bond donors (Lipinski definition) is 0. The molecule has 0 amide bonds. The number of para-hydroxylation sites is 1. The van der Waals surface area contributed by atoms with Crippen LogP contribution in [0.1, 0.15) is 24.8 Å². The number of esters is 1. The summed E-state index contributed by atoms with van der Waals surface area (Å²) >= 11 is 0. The predicted octanol–water partition coefficient (Wildman–Crippen LogP) is 4.04. The van der Waals surface area contributed by atoms with E-state index in [2.05, 4.69) is 6.07 Å². The summed E-state index contributed by atoms with van der Waals surface area (Å²) in [5, 5.41) is 9.26. The molecule has 0 spiro atoms. The maximum atomic E-state index is 11.2. The lowest BCUT2D eigenvalue weighted by atomic mass is 10.0. The molecule has 0 N–H and O–H groups in total. The van der Waals surface area contributed by atoms with Crippen LogP contribution in [0.25, 0.3) is 0 Å². The van der Waals surface area contributed by atoms with Gasteiger partial charge in [-0.2, -0.15) is 5.26 Å². The fourth-order valence-electron chi connectivity index (χ4n) is 1.91.